The van der Waals surface area contributed by atoms with Crippen LogP contribution in [0.4, 0.5) is 0 Å². The molecule has 0 amide bonds. The number of carbonyl (C=O) groups excluding carboxylic acids is 4. The first kappa shape index (κ1) is 23.1. The second-order valence-electron chi connectivity index (χ2n) is 6.37. The van der Waals surface area contributed by atoms with Crippen molar-refractivity contribution in [1.82, 2.24) is 0 Å². The molecule has 8 heteroatoms. The van der Waals surface area contributed by atoms with E-state index in [1.54, 1.807) is 0 Å². The third-order valence-electron chi connectivity index (χ3n) is 3.68. The Bertz CT molecular complexity index is 933. The van der Waals surface area contributed by atoms with Gasteiger partial charge in [-0.25, -0.2) is 19.2 Å². The number of hydrogen-bond donors (Lipinski definition) is 0. The summed E-state index contributed by atoms with van der Waals surface area (Å²) < 4.78 is 19.8. The highest BCUT2D eigenvalue weighted by atomic mass is 16.7. The average molecular weight is 424 g/mol. The normalized spacial score (nSPS) is 9.87. The van der Waals surface area contributed by atoms with Crippen molar-refractivity contribution in [3.05, 3.63) is 84.0 Å². The fourth-order valence-corrected chi connectivity index (χ4v) is 2.01. The minimum atomic E-state index is -0.729. The summed E-state index contributed by atoms with van der Waals surface area (Å²) in [5.74, 6) is -2.13. The van der Waals surface area contributed by atoms with Gasteiger partial charge in [0.1, 0.15) is 11.5 Å². The lowest BCUT2D eigenvalue weighted by Crippen LogP contribution is -2.13. The predicted octanol–water partition coefficient (Wildman–Crippen LogP) is 3.62. The highest BCUT2D eigenvalue weighted by Gasteiger charge is 2.13. The fourth-order valence-electron chi connectivity index (χ4n) is 2.01. The molecule has 2 aromatic rings. The highest BCUT2D eigenvalue weighted by molar-refractivity contribution is 5.92. The van der Waals surface area contributed by atoms with Gasteiger partial charge in [-0.2, -0.15) is 0 Å². The Morgan fingerprint density at radius 2 is 0.968 bits per heavy atom. The minimum Gasteiger partial charge on any atom is -0.424 e. The number of carbonyl (C=O) groups is 4. The molecule has 0 spiro atoms. The molecule has 0 aromatic heterocycles. The summed E-state index contributed by atoms with van der Waals surface area (Å²) in [5.41, 5.74) is 0.838. The molecule has 31 heavy (non-hydrogen) atoms. The van der Waals surface area contributed by atoms with Crippen LogP contribution in [0.5, 0.6) is 11.5 Å². The molecule has 0 saturated heterocycles. The van der Waals surface area contributed by atoms with Gasteiger partial charge >= 0.3 is 23.9 Å². The summed E-state index contributed by atoms with van der Waals surface area (Å²) in [5, 5.41) is 0. The molecule has 0 aliphatic heterocycles. The molecule has 160 valence electrons. The van der Waals surface area contributed by atoms with Crippen molar-refractivity contribution >= 4 is 23.9 Å². The standard InChI is InChI=1S/C23H20O8/c1-14(2)20(24)30-18-9-5-16(6-10-18)22(26)28-13-29-23(27)17-7-11-19(12-8-17)31-21(25)15(3)4/h5-12H,1,3,13H2,2,4H3. The first-order valence-corrected chi connectivity index (χ1v) is 8.97. The Kier molecular flexibility index (Phi) is 7.85. The fraction of sp³-hybridized carbons (Fsp3) is 0.130. The zero-order chi connectivity index (χ0) is 23.0. The molecule has 0 unspecified atom stereocenters. The van der Waals surface area contributed by atoms with E-state index in [9.17, 15) is 19.2 Å². The molecule has 0 aliphatic rings. The number of hydrogen-bond acceptors (Lipinski definition) is 8. The number of rotatable bonds is 8. The molecule has 0 atom stereocenters. The van der Waals surface area contributed by atoms with E-state index in [4.69, 9.17) is 18.9 Å². The first-order chi connectivity index (χ1) is 14.7. The molecule has 2 rings (SSSR count). The van der Waals surface area contributed by atoms with E-state index in [1.807, 2.05) is 0 Å². The molecule has 0 N–H and O–H groups in total. The molecule has 0 bridgehead atoms. The molecule has 8 nitrogen and oxygen atoms in total. The lowest BCUT2D eigenvalue weighted by Gasteiger charge is -2.08. The molecule has 0 heterocycles. The van der Waals surface area contributed by atoms with Gasteiger partial charge in [0, 0.05) is 11.1 Å². The topological polar surface area (TPSA) is 105 Å². The van der Waals surface area contributed by atoms with Crippen LogP contribution in [0, 0.1) is 0 Å². The number of esters is 4. The molecule has 2 aromatic carbocycles. The van der Waals surface area contributed by atoms with Crippen molar-refractivity contribution in [3.8, 4) is 11.5 Å². The second kappa shape index (κ2) is 10.5. The Hall–Kier alpha value is -4.20. The summed E-state index contributed by atoms with van der Waals surface area (Å²) in [6, 6.07) is 11.3. The van der Waals surface area contributed by atoms with E-state index in [-0.39, 0.29) is 33.8 Å². The molecular formula is C23H20O8. The van der Waals surface area contributed by atoms with Gasteiger partial charge in [0.25, 0.3) is 0 Å². The first-order valence-electron chi connectivity index (χ1n) is 8.97. The molecule has 0 fully saturated rings. The van der Waals surface area contributed by atoms with Gasteiger partial charge in [-0.1, -0.05) is 13.2 Å². The van der Waals surface area contributed by atoms with Crippen molar-refractivity contribution in [3.63, 3.8) is 0 Å². The van der Waals surface area contributed by atoms with E-state index in [1.165, 1.54) is 62.4 Å². The van der Waals surface area contributed by atoms with Gasteiger partial charge in [-0.3, -0.25) is 0 Å². The van der Waals surface area contributed by atoms with Crippen molar-refractivity contribution in [2.45, 2.75) is 13.8 Å². The molecule has 0 radical (unpaired) electrons. The lowest BCUT2D eigenvalue weighted by molar-refractivity contribution is -0.130. The molecular weight excluding hydrogens is 404 g/mol. The maximum Gasteiger partial charge on any atom is 0.341 e. The molecule has 0 saturated carbocycles. The SMILES string of the molecule is C=C(C)C(=O)Oc1ccc(C(=O)OCOC(=O)c2ccc(OC(=O)C(=C)C)cc2)cc1. The van der Waals surface area contributed by atoms with Crippen LogP contribution in [0.3, 0.4) is 0 Å². The Labute approximate surface area is 178 Å². The van der Waals surface area contributed by atoms with Crippen LogP contribution < -0.4 is 9.47 Å². The summed E-state index contributed by atoms with van der Waals surface area (Å²) in [6.45, 7) is 9.38. The number of ether oxygens (including phenoxy) is 4. The van der Waals surface area contributed by atoms with E-state index in [0.717, 1.165) is 0 Å². The predicted molar refractivity (Wildman–Crippen MR) is 109 cm³/mol. The van der Waals surface area contributed by atoms with E-state index < -0.39 is 30.7 Å². The maximum absolute atomic E-state index is 12.0. The monoisotopic (exact) mass is 424 g/mol. The van der Waals surface area contributed by atoms with E-state index >= 15 is 0 Å². The summed E-state index contributed by atoms with van der Waals surface area (Å²) >= 11 is 0. The zero-order valence-corrected chi connectivity index (χ0v) is 17.0. The van der Waals surface area contributed by atoms with Crippen LogP contribution in [0.15, 0.2) is 72.8 Å². The Morgan fingerprint density at radius 3 is 1.26 bits per heavy atom. The van der Waals surface area contributed by atoms with Crippen molar-refractivity contribution in [1.29, 1.82) is 0 Å². The smallest absolute Gasteiger partial charge is 0.341 e. The van der Waals surface area contributed by atoms with Crippen LogP contribution in [-0.2, 0) is 19.1 Å². The van der Waals surface area contributed by atoms with Crippen LogP contribution in [0.25, 0.3) is 0 Å². The summed E-state index contributed by atoms with van der Waals surface area (Å²) in [4.78, 5) is 46.9. The van der Waals surface area contributed by atoms with Crippen molar-refractivity contribution in [2.24, 2.45) is 0 Å². The van der Waals surface area contributed by atoms with Gasteiger partial charge in [-0.05, 0) is 62.4 Å². The Balaban J connectivity index is 1.83. The molecule has 0 aliphatic carbocycles. The van der Waals surface area contributed by atoms with Crippen LogP contribution >= 0.6 is 0 Å². The maximum atomic E-state index is 12.0. The van der Waals surface area contributed by atoms with Gasteiger partial charge in [-0.15, -0.1) is 0 Å². The zero-order valence-electron chi connectivity index (χ0n) is 17.0. The average Bonchev–Trinajstić information content (AvgIpc) is 2.74. The van der Waals surface area contributed by atoms with Gasteiger partial charge < -0.3 is 18.9 Å². The summed E-state index contributed by atoms with van der Waals surface area (Å²) in [6.07, 6.45) is 0. The van der Waals surface area contributed by atoms with Gasteiger partial charge in [0.05, 0.1) is 11.1 Å². The number of benzene rings is 2. The Morgan fingerprint density at radius 1 is 0.645 bits per heavy atom. The third-order valence-corrected chi connectivity index (χ3v) is 3.68. The van der Waals surface area contributed by atoms with E-state index in [2.05, 4.69) is 13.2 Å². The van der Waals surface area contributed by atoms with Gasteiger partial charge in [0.15, 0.2) is 0 Å². The largest absolute Gasteiger partial charge is 0.424 e. The lowest BCUT2D eigenvalue weighted by atomic mass is 10.2. The van der Waals surface area contributed by atoms with E-state index in [0.29, 0.717) is 0 Å². The van der Waals surface area contributed by atoms with Gasteiger partial charge in [0.2, 0.25) is 6.79 Å². The minimum absolute atomic E-state index is 0.176. The van der Waals surface area contributed by atoms with Crippen LogP contribution in [0.2, 0.25) is 0 Å². The highest BCUT2D eigenvalue weighted by Crippen LogP contribution is 2.16. The van der Waals surface area contributed by atoms with Crippen molar-refractivity contribution in [2.75, 3.05) is 6.79 Å². The third kappa shape index (κ3) is 6.97. The van der Waals surface area contributed by atoms with Crippen molar-refractivity contribution < 1.29 is 38.1 Å². The summed E-state index contributed by atoms with van der Waals surface area (Å²) in [7, 11) is 0. The second-order valence-corrected chi connectivity index (χ2v) is 6.37. The van der Waals surface area contributed by atoms with Crippen LogP contribution in [-0.4, -0.2) is 30.7 Å². The van der Waals surface area contributed by atoms with Crippen LogP contribution in [0.1, 0.15) is 34.6 Å². The quantitative estimate of drug-likeness (QED) is 0.274.